The number of carboxylic acid groups (broad SMARTS) is 1. The van der Waals surface area contributed by atoms with Crippen LogP contribution in [0.15, 0.2) is 29.2 Å². The van der Waals surface area contributed by atoms with Crippen LogP contribution in [0.1, 0.15) is 30.1 Å². The normalized spacial score (nSPS) is 16.9. The van der Waals surface area contributed by atoms with Crippen molar-refractivity contribution in [3.05, 3.63) is 29.8 Å². The first-order chi connectivity index (χ1) is 9.81. The maximum atomic E-state index is 12.2. The van der Waals surface area contributed by atoms with Crippen LogP contribution in [0.5, 0.6) is 0 Å². The molecule has 0 amide bonds. The Bertz CT molecular complexity index is 626. The summed E-state index contributed by atoms with van der Waals surface area (Å²) < 4.78 is 26.9. The van der Waals surface area contributed by atoms with E-state index in [0.29, 0.717) is 12.6 Å². The van der Waals surface area contributed by atoms with Gasteiger partial charge in [0.15, 0.2) is 0 Å². The van der Waals surface area contributed by atoms with Gasteiger partial charge in [0.25, 0.3) is 0 Å². The van der Waals surface area contributed by atoms with Crippen LogP contribution in [0, 0.1) is 0 Å². The lowest BCUT2D eigenvalue weighted by molar-refractivity contribution is 0.0696. The maximum absolute atomic E-state index is 12.2. The standard InChI is InChI=1S/C14H20N2O4S/c1-10(16(2)12-6-7-12)9-15-21(19,20)13-5-3-4-11(8-13)14(17)18/h3-5,8,10,12,15H,6-7,9H2,1-2H3,(H,17,18). The Morgan fingerprint density at radius 2 is 2.14 bits per heavy atom. The Hall–Kier alpha value is -1.44. The highest BCUT2D eigenvalue weighted by molar-refractivity contribution is 7.89. The molecule has 21 heavy (non-hydrogen) atoms. The Balaban J connectivity index is 2.04. The average molecular weight is 312 g/mol. The summed E-state index contributed by atoms with van der Waals surface area (Å²) in [5.41, 5.74) is -0.0407. The lowest BCUT2D eigenvalue weighted by Crippen LogP contribution is -2.41. The zero-order chi connectivity index (χ0) is 15.6. The second-order valence-electron chi connectivity index (χ2n) is 5.43. The first-order valence-electron chi connectivity index (χ1n) is 6.86. The molecule has 6 nitrogen and oxygen atoms in total. The van der Waals surface area contributed by atoms with Crippen molar-refractivity contribution in [1.29, 1.82) is 0 Å². The van der Waals surface area contributed by atoms with Crippen LogP contribution in [0.2, 0.25) is 0 Å². The third-order valence-electron chi connectivity index (χ3n) is 3.78. The number of hydrogen-bond donors (Lipinski definition) is 2. The molecule has 1 aromatic carbocycles. The first-order valence-corrected chi connectivity index (χ1v) is 8.34. The fraction of sp³-hybridized carbons (Fsp3) is 0.500. The average Bonchev–Trinajstić information content (AvgIpc) is 3.28. The van der Waals surface area contributed by atoms with Crippen molar-refractivity contribution in [2.24, 2.45) is 0 Å². The van der Waals surface area contributed by atoms with Crippen LogP contribution in [-0.4, -0.2) is 50.1 Å². The summed E-state index contributed by atoms with van der Waals surface area (Å²) >= 11 is 0. The minimum Gasteiger partial charge on any atom is -0.478 e. The van der Waals surface area contributed by atoms with Crippen LogP contribution in [0.25, 0.3) is 0 Å². The monoisotopic (exact) mass is 312 g/mol. The van der Waals surface area contributed by atoms with Crippen molar-refractivity contribution in [2.45, 2.75) is 36.7 Å². The van der Waals surface area contributed by atoms with E-state index in [4.69, 9.17) is 5.11 Å². The van der Waals surface area contributed by atoms with Gasteiger partial charge in [-0.25, -0.2) is 17.9 Å². The van der Waals surface area contributed by atoms with Gasteiger partial charge < -0.3 is 5.11 Å². The summed E-state index contributed by atoms with van der Waals surface area (Å²) in [4.78, 5) is 13.0. The third-order valence-corrected chi connectivity index (χ3v) is 5.20. The van der Waals surface area contributed by atoms with Gasteiger partial charge in [-0.15, -0.1) is 0 Å². The molecule has 1 aromatic rings. The zero-order valence-electron chi connectivity index (χ0n) is 12.1. The van der Waals surface area contributed by atoms with Crippen LogP contribution in [0.4, 0.5) is 0 Å². The number of carbonyl (C=O) groups is 1. The molecule has 116 valence electrons. The molecule has 1 aliphatic rings. The quantitative estimate of drug-likeness (QED) is 0.788. The summed E-state index contributed by atoms with van der Waals surface area (Å²) in [7, 11) is -1.70. The van der Waals surface area contributed by atoms with E-state index in [2.05, 4.69) is 9.62 Å². The maximum Gasteiger partial charge on any atom is 0.335 e. The molecule has 1 atom stereocenters. The smallest absolute Gasteiger partial charge is 0.335 e. The van der Waals surface area contributed by atoms with E-state index in [-0.39, 0.29) is 16.5 Å². The summed E-state index contributed by atoms with van der Waals surface area (Å²) in [6.07, 6.45) is 2.32. The van der Waals surface area contributed by atoms with Crippen molar-refractivity contribution in [3.8, 4) is 0 Å². The van der Waals surface area contributed by atoms with E-state index >= 15 is 0 Å². The molecular weight excluding hydrogens is 292 g/mol. The molecule has 1 saturated carbocycles. The molecule has 0 aliphatic heterocycles. The summed E-state index contributed by atoms with van der Waals surface area (Å²) in [5.74, 6) is -1.14. The molecule has 0 saturated heterocycles. The zero-order valence-corrected chi connectivity index (χ0v) is 12.9. The highest BCUT2D eigenvalue weighted by Gasteiger charge is 2.29. The molecular formula is C14H20N2O4S. The predicted octanol–water partition coefficient (Wildman–Crippen LogP) is 1.15. The van der Waals surface area contributed by atoms with E-state index in [1.165, 1.54) is 24.3 Å². The number of nitrogens with one attached hydrogen (secondary N) is 1. The van der Waals surface area contributed by atoms with Crippen molar-refractivity contribution < 1.29 is 18.3 Å². The number of aromatic carboxylic acids is 1. The Morgan fingerprint density at radius 1 is 1.48 bits per heavy atom. The second-order valence-corrected chi connectivity index (χ2v) is 7.20. The van der Waals surface area contributed by atoms with Gasteiger partial charge in [0.05, 0.1) is 10.5 Å². The summed E-state index contributed by atoms with van der Waals surface area (Å²) in [6.45, 7) is 2.27. The van der Waals surface area contributed by atoms with Crippen LogP contribution in [0.3, 0.4) is 0 Å². The number of sulfonamides is 1. The lowest BCUT2D eigenvalue weighted by Gasteiger charge is -2.24. The molecule has 2 rings (SSSR count). The van der Waals surface area contributed by atoms with Crippen LogP contribution < -0.4 is 4.72 Å². The topological polar surface area (TPSA) is 86.7 Å². The molecule has 1 fully saturated rings. The van der Waals surface area contributed by atoms with Gasteiger partial charge in [-0.05, 0) is 45.0 Å². The molecule has 1 unspecified atom stereocenters. The number of nitrogens with zero attached hydrogens (tertiary/aromatic N) is 1. The van der Waals surface area contributed by atoms with E-state index in [0.717, 1.165) is 12.8 Å². The molecule has 2 N–H and O–H groups in total. The number of hydrogen-bond acceptors (Lipinski definition) is 4. The summed E-state index contributed by atoms with van der Waals surface area (Å²) in [5, 5.41) is 8.91. The van der Waals surface area contributed by atoms with Gasteiger partial charge in [0.2, 0.25) is 10.0 Å². The highest BCUT2D eigenvalue weighted by atomic mass is 32.2. The first kappa shape index (κ1) is 15.9. The van der Waals surface area contributed by atoms with Crippen molar-refractivity contribution in [1.82, 2.24) is 9.62 Å². The van der Waals surface area contributed by atoms with Gasteiger partial charge >= 0.3 is 5.97 Å². The molecule has 0 aromatic heterocycles. The van der Waals surface area contributed by atoms with Crippen LogP contribution in [-0.2, 0) is 10.0 Å². The minimum absolute atomic E-state index is 0.0244. The van der Waals surface area contributed by atoms with Crippen molar-refractivity contribution in [3.63, 3.8) is 0 Å². The molecule has 0 bridgehead atoms. The fourth-order valence-electron chi connectivity index (χ4n) is 2.10. The van der Waals surface area contributed by atoms with Gasteiger partial charge in [-0.3, -0.25) is 4.90 Å². The minimum atomic E-state index is -3.69. The fourth-order valence-corrected chi connectivity index (χ4v) is 3.26. The van der Waals surface area contributed by atoms with Crippen LogP contribution >= 0.6 is 0 Å². The Morgan fingerprint density at radius 3 is 2.71 bits per heavy atom. The molecule has 1 aliphatic carbocycles. The van der Waals surface area contributed by atoms with E-state index < -0.39 is 16.0 Å². The van der Waals surface area contributed by atoms with E-state index in [9.17, 15) is 13.2 Å². The summed E-state index contributed by atoms with van der Waals surface area (Å²) in [6, 6.07) is 6.00. The molecule has 0 radical (unpaired) electrons. The number of likely N-dealkylation sites (N-methyl/N-ethyl adjacent to an activating group) is 1. The lowest BCUT2D eigenvalue weighted by atomic mass is 10.2. The molecule has 0 spiro atoms. The van der Waals surface area contributed by atoms with Gasteiger partial charge in [-0.2, -0.15) is 0 Å². The van der Waals surface area contributed by atoms with Gasteiger partial charge in [0, 0.05) is 18.6 Å². The predicted molar refractivity (Wildman–Crippen MR) is 78.8 cm³/mol. The van der Waals surface area contributed by atoms with Crippen molar-refractivity contribution >= 4 is 16.0 Å². The Kier molecular flexibility index (Phi) is 4.65. The van der Waals surface area contributed by atoms with Crippen molar-refractivity contribution in [2.75, 3.05) is 13.6 Å². The second kappa shape index (κ2) is 6.13. The number of rotatable bonds is 7. The van der Waals surface area contributed by atoms with Gasteiger partial charge in [0.1, 0.15) is 0 Å². The number of carboxylic acids is 1. The Labute approximate surface area is 124 Å². The highest BCUT2D eigenvalue weighted by Crippen LogP contribution is 2.26. The molecule has 7 heteroatoms. The molecule has 0 heterocycles. The SMILES string of the molecule is CC(CNS(=O)(=O)c1cccc(C(=O)O)c1)N(C)C1CC1. The largest absolute Gasteiger partial charge is 0.478 e. The van der Waals surface area contributed by atoms with E-state index in [1.807, 2.05) is 14.0 Å². The third kappa shape index (κ3) is 4.03. The number of benzene rings is 1. The van der Waals surface area contributed by atoms with Gasteiger partial charge in [-0.1, -0.05) is 6.07 Å². The van der Waals surface area contributed by atoms with E-state index in [1.54, 1.807) is 0 Å².